The summed E-state index contributed by atoms with van der Waals surface area (Å²) in [5.41, 5.74) is 0.957. The van der Waals surface area contributed by atoms with Gasteiger partial charge in [-0.2, -0.15) is 0 Å². The van der Waals surface area contributed by atoms with E-state index in [0.717, 1.165) is 20.5 Å². The van der Waals surface area contributed by atoms with E-state index in [1.54, 1.807) is 12.3 Å². The molecule has 0 bridgehead atoms. The SMILES string of the molecule is Clc1cnc(Nc2ccccc2Br)c(Br)c1. The van der Waals surface area contributed by atoms with Crippen LogP contribution >= 0.6 is 43.5 Å². The minimum Gasteiger partial charge on any atom is -0.338 e. The maximum absolute atomic E-state index is 5.82. The summed E-state index contributed by atoms with van der Waals surface area (Å²) in [4.78, 5) is 4.20. The maximum atomic E-state index is 5.82. The molecule has 2 aromatic rings. The van der Waals surface area contributed by atoms with Gasteiger partial charge in [0.05, 0.1) is 15.2 Å². The Morgan fingerprint density at radius 3 is 2.56 bits per heavy atom. The molecule has 0 atom stereocenters. The van der Waals surface area contributed by atoms with Gasteiger partial charge in [-0.15, -0.1) is 0 Å². The molecule has 1 heterocycles. The fraction of sp³-hybridized carbons (Fsp3) is 0. The van der Waals surface area contributed by atoms with Gasteiger partial charge < -0.3 is 5.32 Å². The second-order valence-corrected chi connectivity index (χ2v) is 5.23. The molecule has 2 nitrogen and oxygen atoms in total. The van der Waals surface area contributed by atoms with Gasteiger partial charge in [0.2, 0.25) is 0 Å². The Balaban J connectivity index is 2.31. The minimum atomic E-state index is 0.601. The number of nitrogens with one attached hydrogen (secondary N) is 1. The number of hydrogen-bond acceptors (Lipinski definition) is 2. The average Bonchev–Trinajstić information content (AvgIpc) is 2.25. The summed E-state index contributed by atoms with van der Waals surface area (Å²) in [5.74, 6) is 0.733. The second kappa shape index (κ2) is 5.17. The van der Waals surface area contributed by atoms with Crippen LogP contribution in [0.5, 0.6) is 0 Å². The van der Waals surface area contributed by atoms with Crippen molar-refractivity contribution in [3.63, 3.8) is 0 Å². The van der Waals surface area contributed by atoms with Crippen molar-refractivity contribution in [2.45, 2.75) is 0 Å². The molecule has 0 unspecified atom stereocenters. The first-order valence-electron chi connectivity index (χ1n) is 4.49. The molecular formula is C11H7Br2ClN2. The van der Waals surface area contributed by atoms with Crippen LogP contribution in [-0.2, 0) is 0 Å². The Morgan fingerprint density at radius 1 is 1.12 bits per heavy atom. The Labute approximate surface area is 115 Å². The summed E-state index contributed by atoms with van der Waals surface area (Å²) in [6.07, 6.45) is 1.60. The van der Waals surface area contributed by atoms with Gasteiger partial charge in [0, 0.05) is 10.7 Å². The molecule has 1 N–H and O–H groups in total. The molecule has 0 fully saturated rings. The molecule has 82 valence electrons. The van der Waals surface area contributed by atoms with Gasteiger partial charge in [0.15, 0.2) is 0 Å². The van der Waals surface area contributed by atoms with E-state index in [1.165, 1.54) is 0 Å². The van der Waals surface area contributed by atoms with Gasteiger partial charge in [0.25, 0.3) is 0 Å². The number of aromatic nitrogens is 1. The lowest BCUT2D eigenvalue weighted by atomic mass is 10.3. The van der Waals surface area contributed by atoms with E-state index in [4.69, 9.17) is 11.6 Å². The van der Waals surface area contributed by atoms with Crippen LogP contribution in [0.2, 0.25) is 5.02 Å². The summed E-state index contributed by atoms with van der Waals surface area (Å²) < 4.78 is 1.81. The maximum Gasteiger partial charge on any atom is 0.144 e. The Morgan fingerprint density at radius 2 is 1.88 bits per heavy atom. The molecule has 0 aliphatic rings. The van der Waals surface area contributed by atoms with Gasteiger partial charge in [-0.1, -0.05) is 23.7 Å². The molecule has 1 aromatic heterocycles. The third-order valence-corrected chi connectivity index (χ3v) is 3.44. The van der Waals surface area contributed by atoms with E-state index in [0.29, 0.717) is 5.02 Å². The van der Waals surface area contributed by atoms with Crippen molar-refractivity contribution < 1.29 is 0 Å². The number of para-hydroxylation sites is 1. The number of nitrogens with zero attached hydrogens (tertiary/aromatic N) is 1. The number of rotatable bonds is 2. The zero-order valence-electron chi connectivity index (χ0n) is 8.05. The summed E-state index contributed by atoms with van der Waals surface area (Å²) in [6, 6.07) is 9.64. The molecule has 0 spiro atoms. The van der Waals surface area contributed by atoms with Crippen LogP contribution in [0.1, 0.15) is 0 Å². The Bertz CT molecular complexity index is 517. The van der Waals surface area contributed by atoms with Crippen LogP contribution in [0, 0.1) is 0 Å². The first kappa shape index (κ1) is 11.9. The van der Waals surface area contributed by atoms with Crippen LogP contribution in [0.25, 0.3) is 0 Å². The first-order chi connectivity index (χ1) is 7.66. The lowest BCUT2D eigenvalue weighted by Gasteiger charge is -2.09. The van der Waals surface area contributed by atoms with Crippen LogP contribution in [0.4, 0.5) is 11.5 Å². The zero-order valence-corrected chi connectivity index (χ0v) is 12.0. The molecule has 0 aliphatic carbocycles. The lowest BCUT2D eigenvalue weighted by Crippen LogP contribution is -1.95. The molecule has 0 amide bonds. The van der Waals surface area contributed by atoms with Crippen molar-refractivity contribution in [1.29, 1.82) is 0 Å². The van der Waals surface area contributed by atoms with E-state index in [-0.39, 0.29) is 0 Å². The van der Waals surface area contributed by atoms with Crippen LogP contribution in [-0.4, -0.2) is 4.98 Å². The smallest absolute Gasteiger partial charge is 0.144 e. The van der Waals surface area contributed by atoms with E-state index in [9.17, 15) is 0 Å². The quantitative estimate of drug-likeness (QED) is 0.813. The first-order valence-corrected chi connectivity index (χ1v) is 6.46. The van der Waals surface area contributed by atoms with Gasteiger partial charge in [-0.05, 0) is 50.1 Å². The van der Waals surface area contributed by atoms with Gasteiger partial charge >= 0.3 is 0 Å². The molecular weight excluding hydrogens is 355 g/mol. The fourth-order valence-corrected chi connectivity index (χ4v) is 2.32. The highest BCUT2D eigenvalue weighted by molar-refractivity contribution is 9.11. The van der Waals surface area contributed by atoms with Crippen LogP contribution in [0.3, 0.4) is 0 Å². The Hall–Kier alpha value is -0.580. The third-order valence-electron chi connectivity index (χ3n) is 1.93. The van der Waals surface area contributed by atoms with E-state index >= 15 is 0 Å². The molecule has 0 saturated heterocycles. The number of benzene rings is 1. The molecule has 0 radical (unpaired) electrons. The Kier molecular flexibility index (Phi) is 3.84. The molecule has 1 aromatic carbocycles. The molecule has 0 saturated carbocycles. The monoisotopic (exact) mass is 360 g/mol. The highest BCUT2D eigenvalue weighted by Gasteiger charge is 2.04. The van der Waals surface area contributed by atoms with Gasteiger partial charge in [-0.25, -0.2) is 4.98 Å². The molecule has 16 heavy (non-hydrogen) atoms. The largest absolute Gasteiger partial charge is 0.338 e. The van der Waals surface area contributed by atoms with E-state index in [2.05, 4.69) is 42.2 Å². The standard InChI is InChI=1S/C11H7Br2ClN2/c12-8-3-1-2-4-10(8)16-11-9(13)5-7(14)6-15-11/h1-6H,(H,15,16). The number of halogens is 3. The van der Waals surface area contributed by atoms with Crippen molar-refractivity contribution in [3.8, 4) is 0 Å². The van der Waals surface area contributed by atoms with Crippen molar-refractivity contribution >= 4 is 55.0 Å². The molecule has 5 heteroatoms. The molecule has 0 aliphatic heterocycles. The van der Waals surface area contributed by atoms with Crippen molar-refractivity contribution in [2.24, 2.45) is 0 Å². The summed E-state index contributed by atoms with van der Waals surface area (Å²) in [6.45, 7) is 0. The van der Waals surface area contributed by atoms with Crippen LogP contribution in [0.15, 0.2) is 45.5 Å². The molecule has 2 rings (SSSR count). The van der Waals surface area contributed by atoms with Crippen molar-refractivity contribution in [3.05, 3.63) is 50.5 Å². The topological polar surface area (TPSA) is 24.9 Å². The predicted molar refractivity (Wildman–Crippen MR) is 74.4 cm³/mol. The highest BCUT2D eigenvalue weighted by atomic mass is 79.9. The van der Waals surface area contributed by atoms with Crippen molar-refractivity contribution in [2.75, 3.05) is 5.32 Å². The minimum absolute atomic E-state index is 0.601. The zero-order chi connectivity index (χ0) is 11.5. The van der Waals surface area contributed by atoms with Gasteiger partial charge in [-0.3, -0.25) is 0 Å². The highest BCUT2D eigenvalue weighted by Crippen LogP contribution is 2.29. The second-order valence-electron chi connectivity index (χ2n) is 3.09. The fourth-order valence-electron chi connectivity index (χ4n) is 1.20. The summed E-state index contributed by atoms with van der Waals surface area (Å²) in [5, 5.41) is 3.81. The normalized spacial score (nSPS) is 10.2. The van der Waals surface area contributed by atoms with Crippen molar-refractivity contribution in [1.82, 2.24) is 4.98 Å². The van der Waals surface area contributed by atoms with Gasteiger partial charge in [0.1, 0.15) is 5.82 Å². The number of hydrogen-bond donors (Lipinski definition) is 1. The lowest BCUT2D eigenvalue weighted by molar-refractivity contribution is 1.29. The number of pyridine rings is 1. The number of anilines is 2. The van der Waals surface area contributed by atoms with E-state index in [1.807, 2.05) is 24.3 Å². The average molecular weight is 362 g/mol. The third kappa shape index (κ3) is 2.75. The summed E-state index contributed by atoms with van der Waals surface area (Å²) >= 11 is 12.7. The summed E-state index contributed by atoms with van der Waals surface area (Å²) in [7, 11) is 0. The predicted octanol–water partition coefficient (Wildman–Crippen LogP) is 5.00. The van der Waals surface area contributed by atoms with Crippen LogP contribution < -0.4 is 5.32 Å². The van der Waals surface area contributed by atoms with E-state index < -0.39 is 0 Å².